The molecular formula is C12H12As2BiN2NaO6. The first kappa shape index (κ1) is 26.7. The molecule has 0 aromatic heterocycles. The van der Waals surface area contributed by atoms with Crippen LogP contribution in [-0.4, -0.2) is 54.5 Å². The van der Waals surface area contributed by atoms with E-state index in [9.17, 15) is 23.9 Å². The van der Waals surface area contributed by atoms with Crippen LogP contribution in [0, 0.1) is 0 Å². The summed E-state index contributed by atoms with van der Waals surface area (Å²) in [4.78, 5) is 0. The molecule has 2 rings (SSSR count). The van der Waals surface area contributed by atoms with E-state index in [4.69, 9.17) is 11.5 Å². The van der Waals surface area contributed by atoms with Gasteiger partial charge in [-0.15, -0.1) is 0 Å². The summed E-state index contributed by atoms with van der Waals surface area (Å²) in [6.45, 7) is 0. The maximum Gasteiger partial charge on any atom is 3.00 e. The van der Waals surface area contributed by atoms with Gasteiger partial charge in [-0.05, 0) is 0 Å². The maximum absolute atomic E-state index is 10.4. The molecule has 0 bridgehead atoms. The third-order valence-electron chi connectivity index (χ3n) is 2.42. The van der Waals surface area contributed by atoms with Gasteiger partial charge < -0.3 is 0 Å². The topological polar surface area (TPSA) is 178 Å². The molecule has 4 N–H and O–H groups in total. The molecule has 0 amide bonds. The Labute approximate surface area is 186 Å². The standard InChI is InChI=1S/2C6H8AsNO3.Bi.Na/c2*8-6-3-1-5(2-4-6)7(9,10)11;;/h2*1-4H,8H2,(H2,9,10,11);;/q;;+3;+1/p-4. The van der Waals surface area contributed by atoms with Crippen LogP contribution in [0.3, 0.4) is 0 Å². The minimum absolute atomic E-state index is 0. The molecule has 0 aliphatic rings. The average Bonchev–Trinajstić information content (AvgIpc) is 2.38. The van der Waals surface area contributed by atoms with E-state index < -0.39 is 28.3 Å². The van der Waals surface area contributed by atoms with Crippen molar-refractivity contribution in [1.82, 2.24) is 0 Å². The van der Waals surface area contributed by atoms with Crippen LogP contribution in [0.4, 0.5) is 11.4 Å². The van der Waals surface area contributed by atoms with Crippen molar-refractivity contribution in [2.24, 2.45) is 0 Å². The molecule has 2 radical (unpaired) electrons. The summed E-state index contributed by atoms with van der Waals surface area (Å²) in [5.41, 5.74) is 11.5. The monoisotopic (exact) mass is 662 g/mol. The number of anilines is 2. The smallest absolute Gasteiger partial charge is 1.00 e. The van der Waals surface area contributed by atoms with Crippen LogP contribution in [0.2, 0.25) is 0 Å². The molecule has 0 saturated heterocycles. The third-order valence-corrected chi connectivity index (χ3v) is 6.32. The van der Waals surface area contributed by atoms with E-state index in [0.29, 0.717) is 11.4 Å². The summed E-state index contributed by atoms with van der Waals surface area (Å²) in [6.07, 6.45) is 0. The molecule has 0 heterocycles. The Morgan fingerprint density at radius 3 is 1.00 bits per heavy atom. The number of rotatable bonds is 2. The van der Waals surface area contributed by atoms with Crippen molar-refractivity contribution in [2.45, 2.75) is 0 Å². The van der Waals surface area contributed by atoms with Crippen LogP contribution in [-0.2, 0) is 7.48 Å². The van der Waals surface area contributed by atoms with Crippen molar-refractivity contribution in [1.29, 1.82) is 0 Å². The molecule has 0 spiro atoms. The van der Waals surface area contributed by atoms with Gasteiger partial charge in [0.1, 0.15) is 0 Å². The second-order valence-electron chi connectivity index (χ2n) is 4.18. The van der Waals surface area contributed by atoms with Gasteiger partial charge in [-0.3, -0.25) is 0 Å². The fourth-order valence-electron chi connectivity index (χ4n) is 1.31. The Morgan fingerprint density at radius 2 is 0.833 bits per heavy atom. The first-order chi connectivity index (χ1) is 10.00. The Morgan fingerprint density at radius 1 is 0.625 bits per heavy atom. The van der Waals surface area contributed by atoms with Gasteiger partial charge in [0.05, 0.1) is 0 Å². The fourth-order valence-corrected chi connectivity index (χ4v) is 3.47. The van der Waals surface area contributed by atoms with Crippen molar-refractivity contribution in [2.75, 3.05) is 11.5 Å². The molecule has 0 aliphatic heterocycles. The summed E-state index contributed by atoms with van der Waals surface area (Å²) in [6, 6.07) is 10.4. The predicted octanol–water partition coefficient (Wildman–Crippen LogP) is -8.25. The van der Waals surface area contributed by atoms with Gasteiger partial charge in [0.15, 0.2) is 0 Å². The Balaban J connectivity index is 0. The summed E-state index contributed by atoms with van der Waals surface area (Å²) >= 11 is -10.4. The summed E-state index contributed by atoms with van der Waals surface area (Å²) in [7, 11) is 0. The van der Waals surface area contributed by atoms with Crippen LogP contribution >= 0.6 is 0 Å². The zero-order valence-electron chi connectivity index (χ0n) is 12.6. The Bertz CT molecular complexity index is 654. The minimum atomic E-state index is -5.18. The van der Waals surface area contributed by atoms with Crippen LogP contribution in [0.25, 0.3) is 0 Å². The van der Waals surface area contributed by atoms with E-state index in [1.807, 2.05) is 0 Å². The second-order valence-corrected chi connectivity index (χ2v) is 10.5. The van der Waals surface area contributed by atoms with Crippen molar-refractivity contribution >= 4 is 74.6 Å². The quantitative estimate of drug-likeness (QED) is 0.235. The molecule has 8 nitrogen and oxygen atoms in total. The van der Waals surface area contributed by atoms with Crippen LogP contribution in [0.5, 0.6) is 0 Å². The normalized spacial score (nSPS) is 10.5. The van der Waals surface area contributed by atoms with E-state index in [0.717, 1.165) is 0 Å². The molecule has 2 aromatic carbocycles. The third kappa shape index (κ3) is 9.83. The van der Waals surface area contributed by atoms with Gasteiger partial charge in [0, 0.05) is 0 Å². The number of nitrogens with two attached hydrogens (primary N) is 2. The largest absolute Gasteiger partial charge is 3.00 e. The van der Waals surface area contributed by atoms with Gasteiger partial charge in [-0.1, -0.05) is 0 Å². The zero-order chi connectivity index (χ0) is 17.0. The van der Waals surface area contributed by atoms with Crippen molar-refractivity contribution in [3.63, 3.8) is 0 Å². The second kappa shape index (κ2) is 11.2. The molecular weight excluding hydrogens is 650 g/mol. The molecule has 0 saturated carbocycles. The molecule has 0 atom stereocenters. The Kier molecular flexibility index (Phi) is 12.5. The average molecular weight is 662 g/mol. The minimum Gasteiger partial charge on any atom is 1.00 e. The molecule has 0 unspecified atom stereocenters. The van der Waals surface area contributed by atoms with E-state index in [1.54, 1.807) is 0 Å². The van der Waals surface area contributed by atoms with Gasteiger partial charge in [-0.2, -0.15) is 0 Å². The van der Waals surface area contributed by atoms with Crippen molar-refractivity contribution in [3.05, 3.63) is 48.5 Å². The van der Waals surface area contributed by atoms with E-state index in [-0.39, 0.29) is 64.5 Å². The molecule has 0 fully saturated rings. The molecule has 122 valence electrons. The van der Waals surface area contributed by atoms with Gasteiger partial charge in [0.25, 0.3) is 0 Å². The van der Waals surface area contributed by atoms with Crippen molar-refractivity contribution < 1.29 is 53.4 Å². The van der Waals surface area contributed by atoms with Crippen LogP contribution in [0.1, 0.15) is 0 Å². The zero-order valence-corrected chi connectivity index (χ0v) is 21.8. The SMILES string of the molecule is Nc1ccc([As](=O)([O-])[O-])cc1.Nc1ccc([As](=O)([O-])[O-])cc1.[Bi+3].[Na+]. The van der Waals surface area contributed by atoms with E-state index >= 15 is 0 Å². The van der Waals surface area contributed by atoms with Crippen molar-refractivity contribution in [3.8, 4) is 0 Å². The fraction of sp³-hybridized carbons (Fsp3) is 0. The molecule has 12 heteroatoms. The van der Waals surface area contributed by atoms with Crippen LogP contribution < -0.4 is 66.1 Å². The molecule has 24 heavy (non-hydrogen) atoms. The number of nitrogen functional groups attached to an aromatic ring is 2. The number of hydrogen-bond acceptors (Lipinski definition) is 8. The number of benzene rings is 2. The van der Waals surface area contributed by atoms with Gasteiger partial charge in [-0.25, -0.2) is 0 Å². The number of hydrogen-bond donors (Lipinski definition) is 2. The first-order valence-corrected chi connectivity index (χ1v) is 12.2. The van der Waals surface area contributed by atoms with Gasteiger partial charge >= 0.3 is 188 Å². The van der Waals surface area contributed by atoms with Crippen LogP contribution in [0.15, 0.2) is 48.5 Å². The first-order valence-electron chi connectivity index (χ1n) is 5.76. The predicted molar refractivity (Wildman–Crippen MR) is 79.6 cm³/mol. The summed E-state index contributed by atoms with van der Waals surface area (Å²) in [5.74, 6) is 0. The summed E-state index contributed by atoms with van der Waals surface area (Å²) in [5, 5.41) is 0. The maximum atomic E-state index is 10.4. The molecule has 2 aromatic rings. The molecule has 0 aliphatic carbocycles. The van der Waals surface area contributed by atoms with E-state index in [1.165, 1.54) is 48.5 Å². The van der Waals surface area contributed by atoms with Gasteiger partial charge in [0.2, 0.25) is 0 Å². The van der Waals surface area contributed by atoms with E-state index in [2.05, 4.69) is 0 Å². The summed E-state index contributed by atoms with van der Waals surface area (Å²) < 4.78 is 62.3. The Hall–Kier alpha value is 0.480.